The highest BCUT2D eigenvalue weighted by atomic mass is 79.9. The molecule has 0 aliphatic rings. The van der Waals surface area contributed by atoms with Gasteiger partial charge < -0.3 is 5.11 Å². The summed E-state index contributed by atoms with van der Waals surface area (Å²) in [6.45, 7) is 0. The summed E-state index contributed by atoms with van der Waals surface area (Å²) >= 11 is 3.32. The molecule has 0 unspecified atom stereocenters. The molecule has 0 saturated carbocycles. The average molecular weight is 334 g/mol. The van der Waals surface area contributed by atoms with Crippen molar-refractivity contribution in [1.82, 2.24) is 14.2 Å². The van der Waals surface area contributed by atoms with Gasteiger partial charge in [0.1, 0.15) is 5.56 Å². The van der Waals surface area contributed by atoms with E-state index in [1.807, 2.05) is 30.3 Å². The molecule has 0 radical (unpaired) electrons. The average Bonchev–Trinajstić information content (AvgIpc) is 2.78. The Kier molecular flexibility index (Phi) is 2.90. The van der Waals surface area contributed by atoms with Gasteiger partial charge in [-0.05, 0) is 28.1 Å². The van der Waals surface area contributed by atoms with Gasteiger partial charge in [-0.15, -0.1) is 0 Å². The van der Waals surface area contributed by atoms with E-state index in [2.05, 4.69) is 20.9 Å². The lowest BCUT2D eigenvalue weighted by Crippen LogP contribution is -2.26. The van der Waals surface area contributed by atoms with Gasteiger partial charge >= 0.3 is 5.97 Å². The summed E-state index contributed by atoms with van der Waals surface area (Å²) in [4.78, 5) is 27.3. The summed E-state index contributed by atoms with van der Waals surface area (Å²) in [6.07, 6.45) is 2.74. The number of rotatable bonds is 2. The third-order valence-corrected chi connectivity index (χ3v) is 3.41. The Morgan fingerprint density at radius 1 is 1.25 bits per heavy atom. The highest BCUT2D eigenvalue weighted by Gasteiger charge is 2.17. The molecule has 1 aromatic carbocycles. The predicted molar refractivity (Wildman–Crippen MR) is 75.4 cm³/mol. The maximum Gasteiger partial charge on any atom is 0.343 e. The monoisotopic (exact) mass is 333 g/mol. The zero-order valence-electron chi connectivity index (χ0n) is 10.0. The summed E-state index contributed by atoms with van der Waals surface area (Å²) in [7, 11) is 0. The molecule has 0 amide bonds. The van der Waals surface area contributed by atoms with Crippen molar-refractivity contribution in [3.63, 3.8) is 0 Å². The molecule has 2 heterocycles. The van der Waals surface area contributed by atoms with E-state index in [0.29, 0.717) is 10.1 Å². The number of aromatic carboxylic acids is 1. The largest absolute Gasteiger partial charge is 0.477 e. The maximum atomic E-state index is 12.3. The Labute approximate surface area is 121 Å². The van der Waals surface area contributed by atoms with Crippen LogP contribution in [0.5, 0.6) is 0 Å². The van der Waals surface area contributed by atoms with Crippen LogP contribution in [0.2, 0.25) is 0 Å². The van der Waals surface area contributed by atoms with Gasteiger partial charge in [0.2, 0.25) is 0 Å². The number of nitrogens with zero attached hydrogens (tertiary/aromatic N) is 3. The van der Waals surface area contributed by atoms with E-state index in [4.69, 9.17) is 5.11 Å². The first kappa shape index (κ1) is 12.6. The second-order valence-electron chi connectivity index (χ2n) is 4.07. The molecule has 1 N–H and O–H groups in total. The van der Waals surface area contributed by atoms with Crippen molar-refractivity contribution in [2.45, 2.75) is 0 Å². The number of carboxylic acid groups (broad SMARTS) is 1. The van der Waals surface area contributed by atoms with E-state index in [1.165, 1.54) is 4.52 Å². The van der Waals surface area contributed by atoms with Gasteiger partial charge in [-0.1, -0.05) is 18.2 Å². The fourth-order valence-electron chi connectivity index (χ4n) is 1.95. The minimum absolute atomic E-state index is 0.365. The second kappa shape index (κ2) is 4.61. The van der Waals surface area contributed by atoms with E-state index >= 15 is 0 Å². The van der Waals surface area contributed by atoms with E-state index in [0.717, 1.165) is 11.9 Å². The summed E-state index contributed by atoms with van der Waals surface area (Å²) in [5, 5.41) is 9.02. The lowest BCUT2D eigenvalue weighted by atomic mass is 10.3. The van der Waals surface area contributed by atoms with Gasteiger partial charge in [0, 0.05) is 12.4 Å². The normalized spacial score (nSPS) is 10.8. The molecule has 0 atom stereocenters. The number of aromatic nitrogens is 3. The van der Waals surface area contributed by atoms with Crippen LogP contribution < -0.4 is 5.56 Å². The number of benzene rings is 1. The molecule has 3 aromatic rings. The molecular formula is C13H8BrN3O3. The smallest absolute Gasteiger partial charge is 0.343 e. The zero-order chi connectivity index (χ0) is 14.3. The number of halogens is 1. The van der Waals surface area contributed by atoms with Crippen LogP contribution in [-0.2, 0) is 0 Å². The topological polar surface area (TPSA) is 76.6 Å². The van der Waals surface area contributed by atoms with Gasteiger partial charge in [-0.3, -0.25) is 9.48 Å². The van der Waals surface area contributed by atoms with Crippen LogP contribution in [-0.4, -0.2) is 25.3 Å². The summed E-state index contributed by atoms with van der Waals surface area (Å²) in [5.74, 6) is -1.30. The quantitative estimate of drug-likeness (QED) is 0.777. The zero-order valence-corrected chi connectivity index (χ0v) is 11.6. The number of hydrogen-bond donors (Lipinski definition) is 1. The van der Waals surface area contributed by atoms with Gasteiger partial charge in [-0.2, -0.15) is 4.52 Å². The first-order valence-electron chi connectivity index (χ1n) is 5.67. The molecule has 0 saturated heterocycles. The molecular weight excluding hydrogens is 326 g/mol. The molecule has 0 aliphatic carbocycles. The summed E-state index contributed by atoms with van der Waals surface area (Å²) < 4.78 is 3.39. The molecule has 20 heavy (non-hydrogen) atoms. The van der Waals surface area contributed by atoms with Crippen molar-refractivity contribution in [3.8, 4) is 5.69 Å². The summed E-state index contributed by atoms with van der Waals surface area (Å²) in [5.41, 5.74) is 0.0980. The third kappa shape index (κ3) is 1.83. The third-order valence-electron chi connectivity index (χ3n) is 2.86. The van der Waals surface area contributed by atoms with E-state index in [9.17, 15) is 9.59 Å². The van der Waals surface area contributed by atoms with E-state index in [1.54, 1.807) is 10.9 Å². The first-order chi connectivity index (χ1) is 9.59. The predicted octanol–water partition coefficient (Wildman–Crippen LogP) is 1.95. The Bertz CT molecular complexity index is 868. The highest BCUT2D eigenvalue weighted by Crippen LogP contribution is 2.19. The number of fused-ring (bicyclic) bond motifs is 1. The van der Waals surface area contributed by atoms with Gasteiger partial charge in [-0.25, -0.2) is 9.78 Å². The lowest BCUT2D eigenvalue weighted by molar-refractivity contribution is 0.0694. The second-order valence-corrected chi connectivity index (χ2v) is 4.93. The first-order valence-corrected chi connectivity index (χ1v) is 6.46. The fraction of sp³-hybridized carbons (Fsp3) is 0. The molecule has 3 rings (SSSR count). The summed E-state index contributed by atoms with van der Waals surface area (Å²) in [6, 6.07) is 9.13. The van der Waals surface area contributed by atoms with Crippen LogP contribution in [0.15, 0.2) is 52.0 Å². The molecule has 0 aliphatic heterocycles. The molecule has 0 bridgehead atoms. The van der Waals surface area contributed by atoms with Gasteiger partial charge in [0.15, 0.2) is 5.65 Å². The number of hydrogen-bond acceptors (Lipinski definition) is 3. The van der Waals surface area contributed by atoms with E-state index < -0.39 is 11.5 Å². The molecule has 7 heteroatoms. The Morgan fingerprint density at radius 3 is 2.60 bits per heavy atom. The lowest BCUT2D eigenvalue weighted by Gasteiger charge is -2.06. The Hall–Kier alpha value is -2.41. The molecule has 2 aromatic heterocycles. The molecule has 0 spiro atoms. The Morgan fingerprint density at radius 2 is 1.95 bits per heavy atom. The van der Waals surface area contributed by atoms with Gasteiger partial charge in [0.25, 0.3) is 5.56 Å². The molecule has 0 fully saturated rings. The minimum Gasteiger partial charge on any atom is -0.477 e. The number of para-hydroxylation sites is 1. The fourth-order valence-corrected chi connectivity index (χ4v) is 2.41. The van der Waals surface area contributed by atoms with Crippen molar-refractivity contribution in [2.24, 2.45) is 0 Å². The van der Waals surface area contributed by atoms with Crippen LogP contribution in [0.3, 0.4) is 0 Å². The SMILES string of the molecule is O=C(O)c1cnc2c(Br)cn(-c3ccccc3)n2c1=O. The van der Waals surface area contributed by atoms with Crippen LogP contribution in [0.25, 0.3) is 11.3 Å². The standard InChI is InChI=1S/C13H8BrN3O3/c14-10-7-16(8-4-2-1-3-5-8)17-11(10)15-6-9(12(17)18)13(19)20/h1-7H,(H,19,20). The molecule has 100 valence electrons. The van der Waals surface area contributed by atoms with Crippen LogP contribution in [0.4, 0.5) is 0 Å². The van der Waals surface area contributed by atoms with E-state index in [-0.39, 0.29) is 5.56 Å². The number of carbonyl (C=O) groups is 1. The molecule has 6 nitrogen and oxygen atoms in total. The van der Waals surface area contributed by atoms with Crippen LogP contribution >= 0.6 is 15.9 Å². The van der Waals surface area contributed by atoms with Crippen molar-refractivity contribution < 1.29 is 9.90 Å². The van der Waals surface area contributed by atoms with Crippen molar-refractivity contribution in [3.05, 3.63) is 63.1 Å². The minimum atomic E-state index is -1.30. The number of carboxylic acids is 1. The Balaban J connectivity index is 2.42. The van der Waals surface area contributed by atoms with Crippen LogP contribution in [0.1, 0.15) is 10.4 Å². The maximum absolute atomic E-state index is 12.3. The van der Waals surface area contributed by atoms with Crippen LogP contribution in [0, 0.1) is 0 Å². The van der Waals surface area contributed by atoms with Crippen molar-refractivity contribution in [2.75, 3.05) is 0 Å². The van der Waals surface area contributed by atoms with Crippen molar-refractivity contribution >= 4 is 27.5 Å². The van der Waals surface area contributed by atoms with Gasteiger partial charge in [0.05, 0.1) is 10.2 Å². The van der Waals surface area contributed by atoms with Crippen molar-refractivity contribution in [1.29, 1.82) is 0 Å². The highest BCUT2D eigenvalue weighted by molar-refractivity contribution is 9.10.